The first kappa shape index (κ1) is 17.7. The predicted molar refractivity (Wildman–Crippen MR) is 84.2 cm³/mol. The summed E-state index contributed by atoms with van der Waals surface area (Å²) in [5, 5.41) is 9.31. The molecule has 1 N–H and O–H groups in total. The molecule has 0 aliphatic heterocycles. The average Bonchev–Trinajstić information content (AvgIpc) is 2.32. The van der Waals surface area contributed by atoms with E-state index in [0.29, 0.717) is 6.42 Å². The van der Waals surface area contributed by atoms with Gasteiger partial charge < -0.3 is 5.11 Å². The summed E-state index contributed by atoms with van der Waals surface area (Å²) in [7, 11) is -3.29. The van der Waals surface area contributed by atoms with Crippen LogP contribution in [0.3, 0.4) is 0 Å². The number of sulfone groups is 1. The fraction of sp³-hybridized carbons (Fsp3) is 0.562. The maximum absolute atomic E-state index is 12.1. The van der Waals surface area contributed by atoms with Gasteiger partial charge in [-0.25, -0.2) is 8.42 Å². The van der Waals surface area contributed by atoms with Gasteiger partial charge in [0, 0.05) is 0 Å². The van der Waals surface area contributed by atoms with Gasteiger partial charge in [-0.1, -0.05) is 29.8 Å². The monoisotopic (exact) mass is 312 g/mol. The van der Waals surface area contributed by atoms with Gasteiger partial charge in [-0.15, -0.1) is 0 Å². The second kappa shape index (κ2) is 6.60. The molecule has 0 saturated heterocycles. The zero-order chi connectivity index (χ0) is 16.3. The Morgan fingerprint density at radius 2 is 1.90 bits per heavy atom. The molecule has 0 bridgehead atoms. The predicted octanol–water partition coefficient (Wildman–Crippen LogP) is 2.84. The summed E-state index contributed by atoms with van der Waals surface area (Å²) in [6.45, 7) is 6.86. The molecule has 21 heavy (non-hydrogen) atoms. The zero-order valence-electron chi connectivity index (χ0n) is 13.1. The number of carboxylic acids is 1. The second-order valence-corrected chi connectivity index (χ2v) is 9.31. The normalized spacial score (nSPS) is 13.9. The van der Waals surface area contributed by atoms with Crippen molar-refractivity contribution >= 4 is 15.8 Å². The molecule has 0 aromatic heterocycles. The summed E-state index contributed by atoms with van der Waals surface area (Å²) < 4.78 is 23.3. The van der Waals surface area contributed by atoms with Crippen molar-refractivity contribution in [3.8, 4) is 0 Å². The molecule has 1 aromatic carbocycles. The lowest BCUT2D eigenvalue weighted by molar-refractivity contribution is -0.141. The van der Waals surface area contributed by atoms with E-state index in [1.165, 1.54) is 0 Å². The zero-order valence-corrected chi connectivity index (χ0v) is 13.9. The molecule has 1 aromatic rings. The number of aryl methyl sites for hydroxylation is 1. The van der Waals surface area contributed by atoms with Crippen LogP contribution in [0.5, 0.6) is 0 Å². The third-order valence-corrected chi connectivity index (χ3v) is 6.22. The fourth-order valence-corrected chi connectivity index (χ4v) is 3.25. The molecular formula is C16H24O4S. The van der Waals surface area contributed by atoms with Gasteiger partial charge in [0.2, 0.25) is 0 Å². The Kier molecular flexibility index (Phi) is 5.56. The molecule has 0 amide bonds. The van der Waals surface area contributed by atoms with E-state index in [0.717, 1.165) is 11.1 Å². The molecule has 0 saturated carbocycles. The first-order valence-electron chi connectivity index (χ1n) is 7.03. The van der Waals surface area contributed by atoms with Gasteiger partial charge in [0.25, 0.3) is 0 Å². The minimum Gasteiger partial charge on any atom is -0.481 e. The van der Waals surface area contributed by atoms with Crippen molar-refractivity contribution in [2.24, 2.45) is 5.92 Å². The summed E-state index contributed by atoms with van der Waals surface area (Å²) in [5.41, 5.74) is 1.99. The van der Waals surface area contributed by atoms with E-state index in [2.05, 4.69) is 0 Å². The Balaban J connectivity index is 2.79. The minimum absolute atomic E-state index is 0.0979. The number of hydrogen-bond donors (Lipinski definition) is 1. The third kappa shape index (κ3) is 5.16. The highest BCUT2D eigenvalue weighted by Crippen LogP contribution is 2.21. The van der Waals surface area contributed by atoms with Crippen LogP contribution in [0.4, 0.5) is 0 Å². The molecule has 1 atom stereocenters. The van der Waals surface area contributed by atoms with Crippen LogP contribution in [0.2, 0.25) is 0 Å². The topological polar surface area (TPSA) is 71.4 Å². The van der Waals surface area contributed by atoms with Crippen molar-refractivity contribution in [2.45, 2.75) is 45.3 Å². The highest BCUT2D eigenvalue weighted by Gasteiger charge is 2.30. The molecule has 4 nitrogen and oxygen atoms in total. The van der Waals surface area contributed by atoms with Crippen molar-refractivity contribution in [1.82, 2.24) is 0 Å². The summed E-state index contributed by atoms with van der Waals surface area (Å²) in [4.78, 5) is 11.4. The number of hydrogen-bond acceptors (Lipinski definition) is 3. The van der Waals surface area contributed by atoms with E-state index in [9.17, 15) is 18.3 Å². The molecular weight excluding hydrogens is 288 g/mol. The Labute approximate surface area is 127 Å². The SMILES string of the molecule is Cc1cccc(CC(CCS(=O)(=O)C(C)(C)C)C(=O)O)c1. The molecule has 0 spiro atoms. The molecule has 5 heteroatoms. The number of carbonyl (C=O) groups is 1. The van der Waals surface area contributed by atoms with Gasteiger partial charge in [-0.2, -0.15) is 0 Å². The first-order chi connectivity index (χ1) is 9.53. The lowest BCUT2D eigenvalue weighted by Gasteiger charge is -2.20. The van der Waals surface area contributed by atoms with Crippen molar-refractivity contribution in [3.05, 3.63) is 35.4 Å². The molecule has 1 rings (SSSR count). The molecule has 0 aliphatic carbocycles. The van der Waals surface area contributed by atoms with Crippen molar-refractivity contribution in [3.63, 3.8) is 0 Å². The van der Waals surface area contributed by atoms with E-state index >= 15 is 0 Å². The quantitative estimate of drug-likeness (QED) is 0.876. The third-order valence-electron chi connectivity index (χ3n) is 3.58. The first-order valence-corrected chi connectivity index (χ1v) is 8.69. The molecule has 0 heterocycles. The van der Waals surface area contributed by atoms with Gasteiger partial charge >= 0.3 is 5.97 Å². The van der Waals surface area contributed by atoms with Gasteiger partial charge in [0.15, 0.2) is 9.84 Å². The van der Waals surface area contributed by atoms with Crippen LogP contribution in [0, 0.1) is 12.8 Å². The van der Waals surface area contributed by atoms with Crippen LogP contribution >= 0.6 is 0 Å². The maximum atomic E-state index is 12.1. The van der Waals surface area contributed by atoms with E-state index in [4.69, 9.17) is 0 Å². The molecule has 1 unspecified atom stereocenters. The van der Waals surface area contributed by atoms with E-state index in [-0.39, 0.29) is 12.2 Å². The van der Waals surface area contributed by atoms with Crippen molar-refractivity contribution < 1.29 is 18.3 Å². The van der Waals surface area contributed by atoms with Gasteiger partial charge in [0.1, 0.15) is 0 Å². The van der Waals surface area contributed by atoms with Crippen LogP contribution in [-0.2, 0) is 21.1 Å². The lowest BCUT2D eigenvalue weighted by atomic mass is 9.96. The smallest absolute Gasteiger partial charge is 0.306 e. The molecule has 0 aliphatic rings. The van der Waals surface area contributed by atoms with Crippen LogP contribution in [0.25, 0.3) is 0 Å². The largest absolute Gasteiger partial charge is 0.481 e. The molecule has 0 radical (unpaired) electrons. The Hall–Kier alpha value is -1.36. The van der Waals surface area contributed by atoms with Crippen LogP contribution < -0.4 is 0 Å². The maximum Gasteiger partial charge on any atom is 0.306 e. The summed E-state index contributed by atoms with van der Waals surface area (Å²) in [6, 6.07) is 7.65. The fourth-order valence-electron chi connectivity index (χ4n) is 2.04. The number of aliphatic carboxylic acids is 1. The number of benzene rings is 1. The molecule has 118 valence electrons. The standard InChI is InChI=1S/C16H24O4S/c1-12-6-5-7-13(10-12)11-14(15(17)18)8-9-21(19,20)16(2,3)4/h5-7,10,14H,8-9,11H2,1-4H3,(H,17,18). The van der Waals surface area contributed by atoms with Crippen molar-refractivity contribution in [1.29, 1.82) is 0 Å². The summed E-state index contributed by atoms with van der Waals surface area (Å²) >= 11 is 0. The van der Waals surface area contributed by atoms with E-state index in [1.807, 2.05) is 31.2 Å². The summed E-state index contributed by atoms with van der Waals surface area (Å²) in [5.74, 6) is -1.72. The van der Waals surface area contributed by atoms with E-state index in [1.54, 1.807) is 20.8 Å². The molecule has 0 fully saturated rings. The highest BCUT2D eigenvalue weighted by atomic mass is 32.2. The van der Waals surface area contributed by atoms with Crippen molar-refractivity contribution in [2.75, 3.05) is 5.75 Å². The van der Waals surface area contributed by atoms with Gasteiger partial charge in [-0.05, 0) is 46.1 Å². The van der Waals surface area contributed by atoms with Crippen LogP contribution in [0.1, 0.15) is 38.3 Å². The highest BCUT2D eigenvalue weighted by molar-refractivity contribution is 7.92. The van der Waals surface area contributed by atoms with Crippen LogP contribution in [0.15, 0.2) is 24.3 Å². The minimum atomic E-state index is -3.29. The number of carboxylic acid groups (broad SMARTS) is 1. The van der Waals surface area contributed by atoms with Gasteiger partial charge in [0.05, 0.1) is 16.4 Å². The van der Waals surface area contributed by atoms with Crippen LogP contribution in [-0.4, -0.2) is 30.0 Å². The van der Waals surface area contributed by atoms with Gasteiger partial charge in [-0.3, -0.25) is 4.79 Å². The average molecular weight is 312 g/mol. The Morgan fingerprint density at radius 3 is 2.38 bits per heavy atom. The van der Waals surface area contributed by atoms with E-state index < -0.39 is 26.5 Å². The Morgan fingerprint density at radius 1 is 1.29 bits per heavy atom. The number of rotatable bonds is 6. The summed E-state index contributed by atoms with van der Waals surface area (Å²) in [6.07, 6.45) is 0.500. The lowest BCUT2D eigenvalue weighted by Crippen LogP contribution is -2.32. The Bertz CT molecular complexity index is 597. The second-order valence-electron chi connectivity index (χ2n) is 6.45.